The van der Waals surface area contributed by atoms with E-state index in [2.05, 4.69) is 9.29 Å². The van der Waals surface area contributed by atoms with Gasteiger partial charge < -0.3 is 0 Å². The molecule has 1 N–H and O–H groups in total. The predicted octanol–water partition coefficient (Wildman–Crippen LogP) is 3.41. The third-order valence-electron chi connectivity index (χ3n) is 5.17. The first-order chi connectivity index (χ1) is 13.6. The molecular formula is C22H25N3O2S. The van der Waals surface area contributed by atoms with Gasteiger partial charge in [0.05, 0.1) is 18.0 Å². The van der Waals surface area contributed by atoms with Crippen LogP contribution in [0.4, 0.5) is 0 Å². The molecular weight excluding hydrogens is 370 g/mol. The summed E-state index contributed by atoms with van der Waals surface area (Å²) in [6, 6.07) is 19.8. The minimum Gasteiger partial charge on any atom is -0.299 e. The molecule has 0 fully saturated rings. The van der Waals surface area contributed by atoms with Crippen molar-refractivity contribution in [3.63, 3.8) is 0 Å². The largest absolute Gasteiger partial charge is 0.299 e. The van der Waals surface area contributed by atoms with E-state index in [9.17, 15) is 8.42 Å². The maximum Gasteiger partial charge on any atom is 0.212 e. The Hall–Kier alpha value is -2.44. The van der Waals surface area contributed by atoms with Crippen LogP contribution in [0.5, 0.6) is 0 Å². The number of benzene rings is 2. The Morgan fingerprint density at radius 1 is 0.929 bits per heavy atom. The molecule has 1 aliphatic carbocycles. The molecule has 0 atom stereocenters. The average molecular weight is 396 g/mol. The van der Waals surface area contributed by atoms with E-state index in [1.807, 2.05) is 60.7 Å². The van der Waals surface area contributed by atoms with Gasteiger partial charge in [-0.25, -0.2) is 18.1 Å². The Labute approximate surface area is 166 Å². The summed E-state index contributed by atoms with van der Waals surface area (Å²) in [7, 11) is -3.38. The summed E-state index contributed by atoms with van der Waals surface area (Å²) >= 11 is 0. The van der Waals surface area contributed by atoms with Crippen molar-refractivity contribution in [1.29, 1.82) is 0 Å². The zero-order valence-corrected chi connectivity index (χ0v) is 16.7. The molecule has 0 spiro atoms. The van der Waals surface area contributed by atoms with Crippen molar-refractivity contribution in [3.05, 3.63) is 83.4 Å². The quantitative estimate of drug-likeness (QED) is 0.667. The first kappa shape index (κ1) is 18.9. The van der Waals surface area contributed by atoms with Gasteiger partial charge in [-0.2, -0.15) is 0 Å². The van der Waals surface area contributed by atoms with Gasteiger partial charge >= 0.3 is 0 Å². The van der Waals surface area contributed by atoms with E-state index in [-0.39, 0.29) is 12.3 Å². The Bertz CT molecular complexity index is 1030. The molecule has 6 heteroatoms. The van der Waals surface area contributed by atoms with Crippen LogP contribution in [0, 0.1) is 0 Å². The van der Waals surface area contributed by atoms with E-state index in [4.69, 9.17) is 4.98 Å². The second-order valence-electron chi connectivity index (χ2n) is 7.18. The Kier molecular flexibility index (Phi) is 5.59. The maximum absolute atomic E-state index is 12.5. The zero-order chi connectivity index (χ0) is 19.4. The monoisotopic (exact) mass is 395 g/mol. The minimum absolute atomic E-state index is 0.0722. The second-order valence-corrected chi connectivity index (χ2v) is 9.10. The lowest BCUT2D eigenvalue weighted by atomic mass is 10.0. The van der Waals surface area contributed by atoms with E-state index < -0.39 is 10.0 Å². The first-order valence-corrected chi connectivity index (χ1v) is 11.4. The van der Waals surface area contributed by atoms with Crippen molar-refractivity contribution >= 4 is 10.0 Å². The molecule has 1 heterocycles. The molecule has 0 amide bonds. The van der Waals surface area contributed by atoms with E-state index in [0.29, 0.717) is 6.42 Å². The van der Waals surface area contributed by atoms with Crippen molar-refractivity contribution in [2.45, 2.75) is 38.6 Å². The molecule has 0 saturated carbocycles. The van der Waals surface area contributed by atoms with Crippen LogP contribution in [-0.4, -0.2) is 23.7 Å². The first-order valence-electron chi connectivity index (χ1n) is 9.78. The van der Waals surface area contributed by atoms with Crippen LogP contribution in [0.3, 0.4) is 0 Å². The Morgan fingerprint density at radius 2 is 1.61 bits per heavy atom. The Balaban J connectivity index is 1.52. The van der Waals surface area contributed by atoms with Crippen molar-refractivity contribution in [1.82, 2.24) is 14.3 Å². The molecule has 0 aliphatic heterocycles. The molecule has 3 aromatic rings. The van der Waals surface area contributed by atoms with Crippen LogP contribution in [-0.2, 0) is 35.8 Å². The van der Waals surface area contributed by atoms with Gasteiger partial charge in [0, 0.05) is 11.4 Å². The van der Waals surface area contributed by atoms with E-state index >= 15 is 0 Å². The van der Waals surface area contributed by atoms with Gasteiger partial charge in [0.1, 0.15) is 5.82 Å². The minimum atomic E-state index is -3.38. The molecule has 4 rings (SSSR count). The number of rotatable bonds is 7. The van der Waals surface area contributed by atoms with Gasteiger partial charge in [-0.05, 0) is 49.8 Å². The van der Waals surface area contributed by atoms with Gasteiger partial charge in [0.2, 0.25) is 10.0 Å². The van der Waals surface area contributed by atoms with Crippen molar-refractivity contribution in [2.75, 3.05) is 5.75 Å². The summed E-state index contributed by atoms with van der Waals surface area (Å²) in [6.07, 6.45) is 4.73. The fraction of sp³-hybridized carbons (Fsp3) is 0.318. The van der Waals surface area contributed by atoms with E-state index in [1.165, 1.54) is 5.69 Å². The van der Waals surface area contributed by atoms with Crippen LogP contribution in [0.25, 0.3) is 5.69 Å². The molecule has 2 aromatic carbocycles. The highest BCUT2D eigenvalue weighted by atomic mass is 32.2. The van der Waals surface area contributed by atoms with Crippen LogP contribution >= 0.6 is 0 Å². The molecule has 0 bridgehead atoms. The molecule has 1 aliphatic rings. The van der Waals surface area contributed by atoms with Crippen molar-refractivity contribution < 1.29 is 8.42 Å². The summed E-state index contributed by atoms with van der Waals surface area (Å²) in [5, 5.41) is 0. The lowest BCUT2D eigenvalue weighted by Gasteiger charge is -2.15. The topological polar surface area (TPSA) is 64.0 Å². The number of nitrogens with zero attached hydrogens (tertiary/aromatic N) is 2. The summed E-state index contributed by atoms with van der Waals surface area (Å²) in [5.74, 6) is 0.837. The standard InChI is InChI=1S/C22H25N3O2S/c26-28(27,16-15-18-9-3-1-4-10-18)23-17-22-24-20-13-7-8-14-21(20)25(22)19-11-5-2-6-12-19/h1-6,9-12,23H,7-8,13-17H2. The summed E-state index contributed by atoms with van der Waals surface area (Å²) in [5.41, 5.74) is 4.38. The highest BCUT2D eigenvalue weighted by Gasteiger charge is 2.22. The van der Waals surface area contributed by atoms with Gasteiger partial charge in [0.15, 0.2) is 0 Å². The Morgan fingerprint density at radius 3 is 2.36 bits per heavy atom. The average Bonchev–Trinajstić information content (AvgIpc) is 3.11. The molecule has 28 heavy (non-hydrogen) atoms. The van der Waals surface area contributed by atoms with Crippen molar-refractivity contribution in [3.8, 4) is 5.69 Å². The highest BCUT2D eigenvalue weighted by molar-refractivity contribution is 7.89. The SMILES string of the molecule is O=S(=O)(CCc1ccccc1)NCc1nc2c(n1-c1ccccc1)CCCC2. The molecule has 0 saturated heterocycles. The predicted molar refractivity (Wildman–Crippen MR) is 111 cm³/mol. The molecule has 0 radical (unpaired) electrons. The smallest absolute Gasteiger partial charge is 0.212 e. The van der Waals surface area contributed by atoms with Gasteiger partial charge in [-0.1, -0.05) is 48.5 Å². The van der Waals surface area contributed by atoms with Crippen LogP contribution < -0.4 is 4.72 Å². The fourth-order valence-corrected chi connectivity index (χ4v) is 4.74. The number of imidazole rings is 1. The number of aryl methyl sites for hydroxylation is 2. The number of hydrogen-bond acceptors (Lipinski definition) is 3. The summed E-state index contributed by atoms with van der Waals surface area (Å²) in [4.78, 5) is 4.78. The van der Waals surface area contributed by atoms with Gasteiger partial charge in [-0.3, -0.25) is 4.57 Å². The third kappa shape index (κ3) is 4.34. The number of sulfonamides is 1. The number of para-hydroxylation sites is 1. The number of fused-ring (bicyclic) bond motifs is 1. The molecule has 0 unspecified atom stereocenters. The number of hydrogen-bond donors (Lipinski definition) is 1. The van der Waals surface area contributed by atoms with Gasteiger partial charge in [0.25, 0.3) is 0 Å². The third-order valence-corrected chi connectivity index (χ3v) is 6.49. The summed E-state index contributed by atoms with van der Waals surface area (Å²) in [6.45, 7) is 0.207. The highest BCUT2D eigenvalue weighted by Crippen LogP contribution is 2.25. The molecule has 5 nitrogen and oxygen atoms in total. The second kappa shape index (κ2) is 8.29. The van der Waals surface area contributed by atoms with Crippen LogP contribution in [0.1, 0.15) is 35.6 Å². The lowest BCUT2D eigenvalue weighted by molar-refractivity contribution is 0.577. The number of nitrogens with one attached hydrogen (secondary N) is 1. The summed E-state index contributed by atoms with van der Waals surface area (Å²) < 4.78 is 29.9. The molecule has 146 valence electrons. The lowest BCUT2D eigenvalue weighted by Crippen LogP contribution is -2.28. The van der Waals surface area contributed by atoms with Crippen LogP contribution in [0.15, 0.2) is 60.7 Å². The normalized spacial score (nSPS) is 14.0. The van der Waals surface area contributed by atoms with Gasteiger partial charge in [-0.15, -0.1) is 0 Å². The van der Waals surface area contributed by atoms with Crippen LogP contribution in [0.2, 0.25) is 0 Å². The molecule has 1 aromatic heterocycles. The fourth-order valence-electron chi connectivity index (χ4n) is 3.74. The van der Waals surface area contributed by atoms with E-state index in [0.717, 1.165) is 48.5 Å². The maximum atomic E-state index is 12.5. The zero-order valence-electron chi connectivity index (χ0n) is 15.8. The van der Waals surface area contributed by atoms with Crippen molar-refractivity contribution in [2.24, 2.45) is 0 Å². The number of aromatic nitrogens is 2. The van der Waals surface area contributed by atoms with E-state index in [1.54, 1.807) is 0 Å².